The van der Waals surface area contributed by atoms with Crippen LogP contribution in [0, 0.1) is 5.41 Å². The van der Waals surface area contributed by atoms with Crippen LogP contribution in [0.15, 0.2) is 4.99 Å². The Morgan fingerprint density at radius 3 is 2.46 bits per heavy atom. The number of hydrogen-bond acceptors (Lipinski definition) is 1. The molecule has 0 rings (SSSR count). The highest BCUT2D eigenvalue weighted by Crippen LogP contribution is 2.19. The lowest BCUT2D eigenvalue weighted by atomic mass is 9.91. The first kappa shape index (κ1) is 12.3. The second kappa shape index (κ2) is 5.84. The normalized spacial score (nSPS) is 13.1. The van der Waals surface area contributed by atoms with E-state index in [1.807, 2.05) is 0 Å². The summed E-state index contributed by atoms with van der Waals surface area (Å²) < 4.78 is 0. The number of guanidine groups is 1. The van der Waals surface area contributed by atoms with E-state index in [1.54, 1.807) is 0 Å². The third kappa shape index (κ3) is 6.43. The van der Waals surface area contributed by atoms with Gasteiger partial charge in [-0.25, -0.2) is 0 Å². The van der Waals surface area contributed by atoms with Crippen molar-refractivity contribution in [2.75, 3.05) is 13.1 Å². The molecule has 0 radical (unpaired) electrons. The van der Waals surface area contributed by atoms with E-state index in [4.69, 9.17) is 5.73 Å². The molecule has 0 bridgehead atoms. The molecule has 0 aromatic rings. The number of nitrogens with zero attached hydrogens (tertiary/aromatic N) is 1. The molecule has 13 heavy (non-hydrogen) atoms. The van der Waals surface area contributed by atoms with Gasteiger partial charge >= 0.3 is 0 Å². The molecular formula is C10H23N3. The first-order valence-corrected chi connectivity index (χ1v) is 5.05. The highest BCUT2D eigenvalue weighted by molar-refractivity contribution is 5.77. The van der Waals surface area contributed by atoms with E-state index >= 15 is 0 Å². The second-order valence-electron chi connectivity index (χ2n) is 4.15. The van der Waals surface area contributed by atoms with Crippen molar-refractivity contribution >= 4 is 5.96 Å². The molecule has 0 fully saturated rings. The summed E-state index contributed by atoms with van der Waals surface area (Å²) in [5, 5.41) is 3.06. The molecule has 78 valence electrons. The molecule has 0 atom stereocenters. The molecule has 0 aliphatic heterocycles. The van der Waals surface area contributed by atoms with E-state index in [0.717, 1.165) is 25.9 Å². The van der Waals surface area contributed by atoms with Crippen molar-refractivity contribution in [2.24, 2.45) is 16.1 Å². The Morgan fingerprint density at radius 1 is 1.38 bits per heavy atom. The van der Waals surface area contributed by atoms with Crippen LogP contribution in [-0.2, 0) is 0 Å². The summed E-state index contributed by atoms with van der Waals surface area (Å²) in [7, 11) is 0. The molecule has 0 heterocycles. The standard InChI is InChI=1S/C10H23N3/c1-5-7-12-9(11)13-8-10(3,4)6-2/h5-8H2,1-4H3,(H3,11,12,13). The van der Waals surface area contributed by atoms with Crippen molar-refractivity contribution in [3.05, 3.63) is 0 Å². The maximum absolute atomic E-state index is 5.66. The van der Waals surface area contributed by atoms with Gasteiger partial charge in [0, 0.05) is 13.1 Å². The highest BCUT2D eigenvalue weighted by Gasteiger charge is 2.13. The molecule has 0 amide bonds. The molecule has 3 nitrogen and oxygen atoms in total. The third-order valence-corrected chi connectivity index (χ3v) is 2.19. The van der Waals surface area contributed by atoms with Crippen molar-refractivity contribution < 1.29 is 0 Å². The Kier molecular flexibility index (Phi) is 5.51. The fourth-order valence-corrected chi connectivity index (χ4v) is 0.720. The van der Waals surface area contributed by atoms with Gasteiger partial charge in [-0.1, -0.05) is 27.7 Å². The van der Waals surface area contributed by atoms with Gasteiger partial charge in [0.25, 0.3) is 0 Å². The SMILES string of the molecule is CCCNC(N)=NCC(C)(C)CC. The molecule has 0 unspecified atom stereocenters. The zero-order valence-electron chi connectivity index (χ0n) is 9.35. The summed E-state index contributed by atoms with van der Waals surface area (Å²) in [6, 6.07) is 0. The smallest absolute Gasteiger partial charge is 0.188 e. The molecule has 0 saturated heterocycles. The van der Waals surface area contributed by atoms with Gasteiger partial charge in [-0.05, 0) is 18.3 Å². The van der Waals surface area contributed by atoms with Gasteiger partial charge in [0.15, 0.2) is 5.96 Å². The molecule has 0 aliphatic rings. The Bertz CT molecular complexity index is 162. The predicted octanol–water partition coefficient (Wildman–Crippen LogP) is 1.74. The molecular weight excluding hydrogens is 162 g/mol. The largest absolute Gasteiger partial charge is 0.370 e. The maximum atomic E-state index is 5.66. The fourth-order valence-electron chi connectivity index (χ4n) is 0.720. The van der Waals surface area contributed by atoms with E-state index in [1.165, 1.54) is 0 Å². The number of nitrogens with two attached hydrogens (primary N) is 1. The van der Waals surface area contributed by atoms with Gasteiger partial charge in [0.1, 0.15) is 0 Å². The Morgan fingerprint density at radius 2 is 2.00 bits per heavy atom. The zero-order valence-corrected chi connectivity index (χ0v) is 9.35. The average molecular weight is 185 g/mol. The number of rotatable bonds is 5. The first-order chi connectivity index (χ1) is 6.02. The minimum absolute atomic E-state index is 0.262. The monoisotopic (exact) mass is 185 g/mol. The number of nitrogens with one attached hydrogen (secondary N) is 1. The quantitative estimate of drug-likeness (QED) is 0.506. The van der Waals surface area contributed by atoms with Crippen LogP contribution in [0.4, 0.5) is 0 Å². The highest BCUT2D eigenvalue weighted by atomic mass is 15.1. The number of hydrogen-bond donors (Lipinski definition) is 2. The van der Waals surface area contributed by atoms with Crippen molar-refractivity contribution in [3.63, 3.8) is 0 Å². The van der Waals surface area contributed by atoms with E-state index in [0.29, 0.717) is 5.96 Å². The van der Waals surface area contributed by atoms with Crippen molar-refractivity contribution in [3.8, 4) is 0 Å². The Balaban J connectivity index is 3.82. The second-order valence-corrected chi connectivity index (χ2v) is 4.15. The molecule has 0 spiro atoms. The lowest BCUT2D eigenvalue weighted by Gasteiger charge is -2.19. The van der Waals surface area contributed by atoms with Crippen LogP contribution in [0.3, 0.4) is 0 Å². The lowest BCUT2D eigenvalue weighted by molar-refractivity contribution is 0.365. The van der Waals surface area contributed by atoms with Crippen molar-refractivity contribution in [1.29, 1.82) is 0 Å². The van der Waals surface area contributed by atoms with Gasteiger partial charge in [0.05, 0.1) is 0 Å². The summed E-state index contributed by atoms with van der Waals surface area (Å²) >= 11 is 0. The van der Waals surface area contributed by atoms with E-state index in [9.17, 15) is 0 Å². The van der Waals surface area contributed by atoms with Gasteiger partial charge in [0.2, 0.25) is 0 Å². The van der Waals surface area contributed by atoms with Crippen LogP contribution in [0.2, 0.25) is 0 Å². The van der Waals surface area contributed by atoms with Crippen LogP contribution < -0.4 is 11.1 Å². The molecule has 0 aliphatic carbocycles. The van der Waals surface area contributed by atoms with Crippen LogP contribution in [0.25, 0.3) is 0 Å². The van der Waals surface area contributed by atoms with E-state index in [-0.39, 0.29) is 5.41 Å². The topological polar surface area (TPSA) is 50.4 Å². The Labute approximate surface area is 81.8 Å². The van der Waals surface area contributed by atoms with Gasteiger partial charge in [-0.2, -0.15) is 0 Å². The number of aliphatic imine (C=N–C) groups is 1. The zero-order chi connectivity index (χ0) is 10.3. The molecule has 3 heteroatoms. The van der Waals surface area contributed by atoms with Crippen LogP contribution >= 0.6 is 0 Å². The predicted molar refractivity (Wildman–Crippen MR) is 58.9 cm³/mol. The van der Waals surface area contributed by atoms with Gasteiger partial charge in [-0.15, -0.1) is 0 Å². The molecule has 0 saturated carbocycles. The fraction of sp³-hybridized carbons (Fsp3) is 0.900. The van der Waals surface area contributed by atoms with Crippen LogP contribution in [-0.4, -0.2) is 19.0 Å². The molecule has 3 N–H and O–H groups in total. The third-order valence-electron chi connectivity index (χ3n) is 2.19. The summed E-state index contributed by atoms with van der Waals surface area (Å²) in [4.78, 5) is 4.29. The maximum Gasteiger partial charge on any atom is 0.188 e. The first-order valence-electron chi connectivity index (χ1n) is 5.05. The van der Waals surface area contributed by atoms with Crippen molar-refractivity contribution in [2.45, 2.75) is 40.5 Å². The van der Waals surface area contributed by atoms with E-state index in [2.05, 4.69) is 38.0 Å². The minimum atomic E-state index is 0.262. The summed E-state index contributed by atoms with van der Waals surface area (Å²) in [5.74, 6) is 0.573. The molecule has 0 aromatic heterocycles. The lowest BCUT2D eigenvalue weighted by Crippen LogP contribution is -2.33. The van der Waals surface area contributed by atoms with Crippen LogP contribution in [0.5, 0.6) is 0 Å². The van der Waals surface area contributed by atoms with Crippen LogP contribution in [0.1, 0.15) is 40.5 Å². The summed E-state index contributed by atoms with van der Waals surface area (Å²) in [5.41, 5.74) is 5.92. The summed E-state index contributed by atoms with van der Waals surface area (Å²) in [6.45, 7) is 10.4. The minimum Gasteiger partial charge on any atom is -0.370 e. The molecule has 0 aromatic carbocycles. The van der Waals surface area contributed by atoms with Gasteiger partial charge in [-0.3, -0.25) is 4.99 Å². The van der Waals surface area contributed by atoms with Gasteiger partial charge < -0.3 is 11.1 Å². The van der Waals surface area contributed by atoms with Crippen molar-refractivity contribution in [1.82, 2.24) is 5.32 Å². The average Bonchev–Trinajstić information content (AvgIpc) is 2.11. The Hall–Kier alpha value is -0.730. The summed E-state index contributed by atoms with van der Waals surface area (Å²) in [6.07, 6.45) is 2.20. The van der Waals surface area contributed by atoms with E-state index < -0.39 is 0 Å².